The van der Waals surface area contributed by atoms with E-state index in [4.69, 9.17) is 5.11 Å². The first-order chi connectivity index (χ1) is 9.08. The summed E-state index contributed by atoms with van der Waals surface area (Å²) >= 11 is 0. The molecule has 100 valence electrons. The Labute approximate surface area is 110 Å². The van der Waals surface area contributed by atoms with Gasteiger partial charge in [-0.25, -0.2) is 4.98 Å². The van der Waals surface area contributed by atoms with Gasteiger partial charge in [-0.2, -0.15) is 0 Å². The number of aryl methyl sites for hydroxylation is 1. The summed E-state index contributed by atoms with van der Waals surface area (Å²) in [5, 5.41) is 21.2. The predicted molar refractivity (Wildman–Crippen MR) is 69.0 cm³/mol. The van der Waals surface area contributed by atoms with Gasteiger partial charge < -0.3 is 20.1 Å². The summed E-state index contributed by atoms with van der Waals surface area (Å²) in [6.07, 6.45) is 4.17. The molecule has 1 aromatic heterocycles. The van der Waals surface area contributed by atoms with E-state index < -0.39 is 0 Å². The second-order valence-electron chi connectivity index (χ2n) is 4.16. The van der Waals surface area contributed by atoms with Crippen molar-refractivity contribution in [2.75, 3.05) is 6.54 Å². The molecule has 0 aliphatic heterocycles. The fourth-order valence-electron chi connectivity index (χ4n) is 1.69. The number of imidazole rings is 1. The van der Waals surface area contributed by atoms with Crippen LogP contribution >= 0.6 is 0 Å². The third-order valence-electron chi connectivity index (χ3n) is 2.79. The fourth-order valence-corrected chi connectivity index (χ4v) is 1.69. The number of hydrogen-bond acceptors (Lipinski definition) is 4. The van der Waals surface area contributed by atoms with Crippen molar-refractivity contribution < 1.29 is 15.0 Å². The number of nitrogens with one attached hydrogen (secondary N) is 1. The van der Waals surface area contributed by atoms with E-state index in [0.29, 0.717) is 18.5 Å². The Morgan fingerprint density at radius 2 is 2.16 bits per heavy atom. The van der Waals surface area contributed by atoms with Crippen LogP contribution in [-0.4, -0.2) is 32.2 Å². The molecule has 0 atom stereocenters. The number of carbonyl (C=O) groups is 1. The Bertz CT molecular complexity index is 593. The van der Waals surface area contributed by atoms with Gasteiger partial charge in [-0.15, -0.1) is 0 Å². The first kappa shape index (κ1) is 12.9. The minimum absolute atomic E-state index is 0.246. The highest BCUT2D eigenvalue weighted by Gasteiger charge is 2.08. The maximum absolute atomic E-state index is 11.8. The smallest absolute Gasteiger partial charge is 0.251 e. The van der Waals surface area contributed by atoms with Gasteiger partial charge in [0.1, 0.15) is 5.82 Å². The van der Waals surface area contributed by atoms with E-state index in [-0.39, 0.29) is 17.4 Å². The summed E-state index contributed by atoms with van der Waals surface area (Å²) in [4.78, 5) is 15.9. The van der Waals surface area contributed by atoms with Crippen molar-refractivity contribution in [3.63, 3.8) is 0 Å². The number of phenols is 2. The lowest BCUT2D eigenvalue weighted by Gasteiger charge is -2.06. The molecule has 0 spiro atoms. The summed E-state index contributed by atoms with van der Waals surface area (Å²) in [5.41, 5.74) is 0.301. The van der Waals surface area contributed by atoms with Crippen LogP contribution in [0.25, 0.3) is 0 Å². The van der Waals surface area contributed by atoms with E-state index in [0.717, 1.165) is 5.82 Å². The second kappa shape index (κ2) is 5.43. The highest BCUT2D eigenvalue weighted by atomic mass is 16.3. The van der Waals surface area contributed by atoms with Crippen LogP contribution in [-0.2, 0) is 13.5 Å². The number of carbonyl (C=O) groups excluding carboxylic acids is 1. The molecule has 0 aliphatic carbocycles. The maximum atomic E-state index is 11.8. The van der Waals surface area contributed by atoms with Crippen LogP contribution in [0, 0.1) is 0 Å². The van der Waals surface area contributed by atoms with Crippen LogP contribution in [0.15, 0.2) is 30.6 Å². The topological polar surface area (TPSA) is 87.4 Å². The number of aromatic nitrogens is 2. The first-order valence-corrected chi connectivity index (χ1v) is 5.84. The number of phenolic OH excluding ortho intramolecular Hbond substituents is 2. The van der Waals surface area contributed by atoms with Crippen LogP contribution in [0.2, 0.25) is 0 Å². The van der Waals surface area contributed by atoms with E-state index in [1.807, 2.05) is 17.8 Å². The molecule has 2 rings (SSSR count). The van der Waals surface area contributed by atoms with Gasteiger partial charge in [0, 0.05) is 38.0 Å². The van der Waals surface area contributed by atoms with Gasteiger partial charge in [0.2, 0.25) is 0 Å². The standard InChI is InChI=1S/C13H15N3O3/c1-16-7-6-14-12(16)4-5-15-13(19)9-2-3-10(17)11(18)8-9/h2-3,6-8,17-18H,4-5H2,1H3,(H,15,19). The minimum Gasteiger partial charge on any atom is -0.504 e. The quantitative estimate of drug-likeness (QED) is 0.710. The van der Waals surface area contributed by atoms with Crippen molar-refractivity contribution in [3.05, 3.63) is 42.0 Å². The average Bonchev–Trinajstić information content (AvgIpc) is 2.78. The molecule has 3 N–H and O–H groups in total. The van der Waals surface area contributed by atoms with E-state index in [1.54, 1.807) is 6.20 Å². The molecule has 0 fully saturated rings. The largest absolute Gasteiger partial charge is 0.504 e. The van der Waals surface area contributed by atoms with E-state index in [1.165, 1.54) is 18.2 Å². The Morgan fingerprint density at radius 1 is 1.37 bits per heavy atom. The molecular formula is C13H15N3O3. The lowest BCUT2D eigenvalue weighted by Crippen LogP contribution is -2.26. The highest BCUT2D eigenvalue weighted by Crippen LogP contribution is 2.24. The molecule has 1 amide bonds. The molecule has 6 heteroatoms. The van der Waals surface area contributed by atoms with Crippen LogP contribution in [0.4, 0.5) is 0 Å². The Balaban J connectivity index is 1.91. The Morgan fingerprint density at radius 3 is 2.79 bits per heavy atom. The van der Waals surface area contributed by atoms with Crippen molar-refractivity contribution >= 4 is 5.91 Å². The molecule has 0 saturated carbocycles. The number of aromatic hydroxyl groups is 2. The third kappa shape index (κ3) is 3.04. The molecule has 0 bridgehead atoms. The van der Waals surface area contributed by atoms with E-state index in [9.17, 15) is 9.90 Å². The summed E-state index contributed by atoms with van der Waals surface area (Å²) in [6.45, 7) is 0.450. The SMILES string of the molecule is Cn1ccnc1CCNC(=O)c1ccc(O)c(O)c1. The number of benzene rings is 1. The summed E-state index contributed by atoms with van der Waals surface area (Å²) in [7, 11) is 1.89. The molecule has 6 nitrogen and oxygen atoms in total. The molecule has 19 heavy (non-hydrogen) atoms. The van der Waals surface area contributed by atoms with Crippen molar-refractivity contribution in [1.29, 1.82) is 0 Å². The maximum Gasteiger partial charge on any atom is 0.251 e. The zero-order valence-corrected chi connectivity index (χ0v) is 10.5. The second-order valence-corrected chi connectivity index (χ2v) is 4.16. The normalized spacial score (nSPS) is 10.4. The Hall–Kier alpha value is -2.50. The molecule has 0 aliphatic rings. The zero-order valence-electron chi connectivity index (χ0n) is 10.5. The number of rotatable bonds is 4. The zero-order chi connectivity index (χ0) is 13.8. The van der Waals surface area contributed by atoms with Crippen molar-refractivity contribution in [2.45, 2.75) is 6.42 Å². The van der Waals surface area contributed by atoms with E-state index in [2.05, 4.69) is 10.3 Å². The minimum atomic E-state index is -0.309. The number of amides is 1. The number of hydrogen-bond donors (Lipinski definition) is 3. The molecule has 1 aromatic carbocycles. The average molecular weight is 261 g/mol. The summed E-state index contributed by atoms with van der Waals surface area (Å²) in [5.74, 6) is 0.0275. The molecule has 0 unspecified atom stereocenters. The van der Waals surface area contributed by atoms with Gasteiger partial charge in [0.15, 0.2) is 11.5 Å². The molecular weight excluding hydrogens is 246 g/mol. The lowest BCUT2D eigenvalue weighted by molar-refractivity contribution is 0.0953. The van der Waals surface area contributed by atoms with Crippen LogP contribution in [0.3, 0.4) is 0 Å². The number of nitrogens with zero attached hydrogens (tertiary/aromatic N) is 2. The third-order valence-corrected chi connectivity index (χ3v) is 2.79. The first-order valence-electron chi connectivity index (χ1n) is 5.84. The highest BCUT2D eigenvalue weighted by molar-refractivity contribution is 5.94. The monoisotopic (exact) mass is 261 g/mol. The molecule has 0 radical (unpaired) electrons. The fraction of sp³-hybridized carbons (Fsp3) is 0.231. The van der Waals surface area contributed by atoms with Crippen LogP contribution in [0.1, 0.15) is 16.2 Å². The van der Waals surface area contributed by atoms with Gasteiger partial charge >= 0.3 is 0 Å². The summed E-state index contributed by atoms with van der Waals surface area (Å²) in [6, 6.07) is 3.96. The van der Waals surface area contributed by atoms with E-state index >= 15 is 0 Å². The van der Waals surface area contributed by atoms with Crippen molar-refractivity contribution in [1.82, 2.24) is 14.9 Å². The van der Waals surface area contributed by atoms with Gasteiger partial charge in [-0.3, -0.25) is 4.79 Å². The van der Waals surface area contributed by atoms with Gasteiger partial charge in [-0.05, 0) is 18.2 Å². The molecule has 1 heterocycles. The molecule has 2 aromatic rings. The van der Waals surface area contributed by atoms with Gasteiger partial charge in [0.05, 0.1) is 0 Å². The predicted octanol–water partition coefficient (Wildman–Crippen LogP) is 0.804. The lowest BCUT2D eigenvalue weighted by atomic mass is 10.2. The summed E-state index contributed by atoms with van der Waals surface area (Å²) < 4.78 is 1.89. The van der Waals surface area contributed by atoms with Crippen LogP contribution in [0.5, 0.6) is 11.5 Å². The van der Waals surface area contributed by atoms with Gasteiger partial charge in [0.25, 0.3) is 5.91 Å². The van der Waals surface area contributed by atoms with Crippen molar-refractivity contribution in [3.8, 4) is 11.5 Å². The van der Waals surface area contributed by atoms with Crippen molar-refractivity contribution in [2.24, 2.45) is 7.05 Å². The molecule has 0 saturated heterocycles. The Kier molecular flexibility index (Phi) is 3.70. The van der Waals surface area contributed by atoms with Crippen LogP contribution < -0.4 is 5.32 Å². The van der Waals surface area contributed by atoms with Gasteiger partial charge in [-0.1, -0.05) is 0 Å².